The van der Waals surface area contributed by atoms with Crippen molar-refractivity contribution in [3.63, 3.8) is 0 Å². The van der Waals surface area contributed by atoms with Crippen LogP contribution < -0.4 is 5.32 Å². The third kappa shape index (κ3) is 4.21. The minimum absolute atomic E-state index is 0.0846. The number of likely N-dealkylation sites (tertiary alicyclic amines) is 1. The Hall–Kier alpha value is -1.73. The highest BCUT2D eigenvalue weighted by molar-refractivity contribution is 7.14. The number of amides is 1. The van der Waals surface area contributed by atoms with Crippen molar-refractivity contribution >= 4 is 17.2 Å². The summed E-state index contributed by atoms with van der Waals surface area (Å²) in [5, 5.41) is 6.87. The molecule has 1 fully saturated rings. The zero-order chi connectivity index (χ0) is 16.9. The number of carbonyl (C=O) groups excluding carboxylic acids is 1. The standard InChI is InChI=1S/C17H24N4O2S/c1-3-13-9-14(24-12(13)2)17(22)18-10-16-19-15(20-23-16)11-21-7-5-4-6-8-21/h9H,3-8,10-11H2,1-2H3,(H,18,22). The van der Waals surface area contributed by atoms with Gasteiger partial charge in [0.2, 0.25) is 5.89 Å². The van der Waals surface area contributed by atoms with Crippen LogP contribution in [0.15, 0.2) is 10.6 Å². The summed E-state index contributed by atoms with van der Waals surface area (Å²) < 4.78 is 5.24. The Labute approximate surface area is 146 Å². The van der Waals surface area contributed by atoms with E-state index in [-0.39, 0.29) is 12.5 Å². The summed E-state index contributed by atoms with van der Waals surface area (Å²) in [4.78, 5) is 20.9. The van der Waals surface area contributed by atoms with Crippen molar-refractivity contribution < 1.29 is 9.32 Å². The van der Waals surface area contributed by atoms with Crippen LogP contribution in [0.2, 0.25) is 0 Å². The Morgan fingerprint density at radius 3 is 2.88 bits per heavy atom. The molecule has 0 spiro atoms. The van der Waals surface area contributed by atoms with Gasteiger partial charge in [0.1, 0.15) is 0 Å². The molecule has 24 heavy (non-hydrogen) atoms. The van der Waals surface area contributed by atoms with Gasteiger partial charge in [-0.15, -0.1) is 11.3 Å². The Morgan fingerprint density at radius 2 is 2.17 bits per heavy atom. The number of thiophene rings is 1. The maximum Gasteiger partial charge on any atom is 0.261 e. The average molecular weight is 348 g/mol. The van der Waals surface area contributed by atoms with E-state index in [9.17, 15) is 4.79 Å². The largest absolute Gasteiger partial charge is 0.342 e. The first-order valence-electron chi connectivity index (χ1n) is 8.57. The number of aryl methyl sites for hydroxylation is 2. The van der Waals surface area contributed by atoms with E-state index in [0.29, 0.717) is 11.7 Å². The van der Waals surface area contributed by atoms with Crippen molar-refractivity contribution in [2.24, 2.45) is 0 Å². The molecule has 1 amide bonds. The van der Waals surface area contributed by atoms with E-state index in [1.807, 2.05) is 13.0 Å². The summed E-state index contributed by atoms with van der Waals surface area (Å²) in [7, 11) is 0. The maximum atomic E-state index is 12.2. The third-order valence-electron chi connectivity index (χ3n) is 4.35. The predicted octanol–water partition coefficient (Wildman–Crippen LogP) is 2.92. The number of carbonyl (C=O) groups is 1. The van der Waals surface area contributed by atoms with Gasteiger partial charge in [0.15, 0.2) is 5.82 Å². The highest BCUT2D eigenvalue weighted by Gasteiger charge is 2.16. The van der Waals surface area contributed by atoms with Crippen LogP contribution in [-0.2, 0) is 19.5 Å². The number of rotatable bonds is 6. The van der Waals surface area contributed by atoms with Crippen LogP contribution >= 0.6 is 11.3 Å². The van der Waals surface area contributed by atoms with E-state index in [1.54, 1.807) is 0 Å². The first-order chi connectivity index (χ1) is 11.7. The molecular weight excluding hydrogens is 324 g/mol. The van der Waals surface area contributed by atoms with Crippen LogP contribution in [-0.4, -0.2) is 34.0 Å². The average Bonchev–Trinajstić information content (AvgIpc) is 3.20. The minimum Gasteiger partial charge on any atom is -0.342 e. The van der Waals surface area contributed by atoms with Gasteiger partial charge in [-0.05, 0) is 50.9 Å². The second-order valence-electron chi connectivity index (χ2n) is 6.17. The van der Waals surface area contributed by atoms with E-state index in [4.69, 9.17) is 4.52 Å². The van der Waals surface area contributed by atoms with Gasteiger partial charge in [-0.1, -0.05) is 18.5 Å². The van der Waals surface area contributed by atoms with Crippen molar-refractivity contribution in [1.29, 1.82) is 0 Å². The Kier molecular flexibility index (Phi) is 5.63. The molecule has 2 aromatic rings. The van der Waals surface area contributed by atoms with Crippen LogP contribution in [0.1, 0.15) is 58.0 Å². The van der Waals surface area contributed by atoms with Gasteiger partial charge in [0, 0.05) is 4.88 Å². The normalized spacial score (nSPS) is 15.6. The van der Waals surface area contributed by atoms with E-state index < -0.39 is 0 Å². The fourth-order valence-electron chi connectivity index (χ4n) is 2.97. The number of aromatic nitrogens is 2. The van der Waals surface area contributed by atoms with Gasteiger partial charge >= 0.3 is 0 Å². The maximum absolute atomic E-state index is 12.2. The summed E-state index contributed by atoms with van der Waals surface area (Å²) in [6, 6.07) is 1.96. The summed E-state index contributed by atoms with van der Waals surface area (Å²) in [6.45, 7) is 7.33. The van der Waals surface area contributed by atoms with E-state index in [1.165, 1.54) is 41.0 Å². The molecule has 3 heterocycles. The molecule has 6 nitrogen and oxygen atoms in total. The molecule has 0 aliphatic carbocycles. The zero-order valence-electron chi connectivity index (χ0n) is 14.3. The Morgan fingerprint density at radius 1 is 1.38 bits per heavy atom. The molecule has 3 rings (SSSR count). The molecule has 130 valence electrons. The van der Waals surface area contributed by atoms with Crippen molar-refractivity contribution in [2.75, 3.05) is 13.1 Å². The van der Waals surface area contributed by atoms with Crippen LogP contribution in [0.5, 0.6) is 0 Å². The quantitative estimate of drug-likeness (QED) is 0.869. The van der Waals surface area contributed by atoms with Crippen LogP contribution in [0, 0.1) is 6.92 Å². The molecule has 0 saturated carbocycles. The molecule has 0 bridgehead atoms. The molecule has 1 saturated heterocycles. The van der Waals surface area contributed by atoms with Gasteiger partial charge in [0.25, 0.3) is 5.91 Å². The molecule has 1 N–H and O–H groups in total. The first-order valence-corrected chi connectivity index (χ1v) is 9.38. The molecule has 0 aromatic carbocycles. The number of piperidine rings is 1. The SMILES string of the molecule is CCc1cc(C(=O)NCc2nc(CN3CCCCC3)no2)sc1C. The Bertz CT molecular complexity index is 689. The number of hydrogen-bond donors (Lipinski definition) is 1. The van der Waals surface area contributed by atoms with Gasteiger partial charge in [-0.3, -0.25) is 9.69 Å². The number of hydrogen-bond acceptors (Lipinski definition) is 6. The predicted molar refractivity (Wildman–Crippen MR) is 93.0 cm³/mol. The van der Waals surface area contributed by atoms with Crippen molar-refractivity contribution in [3.05, 3.63) is 33.1 Å². The van der Waals surface area contributed by atoms with Crippen LogP contribution in [0.4, 0.5) is 0 Å². The van der Waals surface area contributed by atoms with Gasteiger partial charge < -0.3 is 9.84 Å². The third-order valence-corrected chi connectivity index (χ3v) is 5.44. The van der Waals surface area contributed by atoms with E-state index >= 15 is 0 Å². The van der Waals surface area contributed by atoms with Crippen molar-refractivity contribution in [2.45, 2.75) is 52.6 Å². The lowest BCUT2D eigenvalue weighted by Crippen LogP contribution is -2.29. The summed E-state index contributed by atoms with van der Waals surface area (Å²) in [5.41, 5.74) is 1.23. The number of nitrogens with zero attached hydrogens (tertiary/aromatic N) is 3. The zero-order valence-corrected chi connectivity index (χ0v) is 15.1. The van der Waals surface area contributed by atoms with Crippen molar-refractivity contribution in [1.82, 2.24) is 20.4 Å². The van der Waals surface area contributed by atoms with Crippen LogP contribution in [0.3, 0.4) is 0 Å². The van der Waals surface area contributed by atoms with E-state index in [2.05, 4.69) is 27.3 Å². The lowest BCUT2D eigenvalue weighted by molar-refractivity contribution is 0.0950. The summed E-state index contributed by atoms with van der Waals surface area (Å²) in [6.07, 6.45) is 4.72. The highest BCUT2D eigenvalue weighted by atomic mass is 32.1. The van der Waals surface area contributed by atoms with Crippen LogP contribution in [0.25, 0.3) is 0 Å². The number of nitrogens with one attached hydrogen (secondary N) is 1. The molecule has 0 unspecified atom stereocenters. The molecular formula is C17H24N4O2S. The molecule has 1 aliphatic heterocycles. The second-order valence-corrected chi connectivity index (χ2v) is 7.43. The second kappa shape index (κ2) is 7.90. The van der Waals surface area contributed by atoms with E-state index in [0.717, 1.165) is 30.9 Å². The molecule has 0 radical (unpaired) electrons. The molecule has 1 aliphatic rings. The lowest BCUT2D eigenvalue weighted by atomic mass is 10.1. The molecule has 7 heteroatoms. The van der Waals surface area contributed by atoms with Gasteiger partial charge in [-0.25, -0.2) is 0 Å². The summed E-state index contributed by atoms with van der Waals surface area (Å²) >= 11 is 1.53. The fraction of sp³-hybridized carbons (Fsp3) is 0.588. The topological polar surface area (TPSA) is 71.3 Å². The smallest absolute Gasteiger partial charge is 0.261 e. The first kappa shape index (κ1) is 17.1. The van der Waals surface area contributed by atoms with Gasteiger partial charge in [-0.2, -0.15) is 4.98 Å². The monoisotopic (exact) mass is 348 g/mol. The van der Waals surface area contributed by atoms with Crippen molar-refractivity contribution in [3.8, 4) is 0 Å². The fourth-order valence-corrected chi connectivity index (χ4v) is 4.00. The summed E-state index contributed by atoms with van der Waals surface area (Å²) in [5.74, 6) is 1.07. The highest BCUT2D eigenvalue weighted by Crippen LogP contribution is 2.22. The minimum atomic E-state index is -0.0846. The molecule has 0 atom stereocenters. The molecule has 2 aromatic heterocycles. The lowest BCUT2D eigenvalue weighted by Gasteiger charge is -2.24. The van der Waals surface area contributed by atoms with Gasteiger partial charge in [0.05, 0.1) is 18.0 Å². The Balaban J connectivity index is 1.51.